The van der Waals surface area contributed by atoms with E-state index in [1.807, 2.05) is 6.92 Å². The van der Waals surface area contributed by atoms with Gasteiger partial charge in [0.1, 0.15) is 6.10 Å². The molecule has 18 heavy (non-hydrogen) atoms. The first-order valence-electron chi connectivity index (χ1n) is 6.80. The molecule has 0 amide bonds. The first-order chi connectivity index (χ1) is 8.72. The van der Waals surface area contributed by atoms with Gasteiger partial charge in [-0.15, -0.1) is 0 Å². The largest absolute Gasteiger partial charge is 0.550 e. The smallest absolute Gasteiger partial charge is 0.428 e. The summed E-state index contributed by atoms with van der Waals surface area (Å²) in [4.78, 5) is 31.1. The summed E-state index contributed by atoms with van der Waals surface area (Å²) in [5.74, 6) is -0.524. The number of hydrogen-bond acceptors (Lipinski definition) is 5. The van der Waals surface area contributed by atoms with E-state index in [0.29, 0.717) is 0 Å². The standard InChI is InChI=1S/C13H22O5/c1-2-3-5-10-12(14)17-18-13(15)16-11-8-6-4-7-9-11/h11H,2-10H2,1H3. The van der Waals surface area contributed by atoms with Gasteiger partial charge in [-0.25, -0.2) is 14.6 Å². The van der Waals surface area contributed by atoms with Gasteiger partial charge in [0.15, 0.2) is 0 Å². The fourth-order valence-electron chi connectivity index (χ4n) is 1.98. The number of ether oxygens (including phenoxy) is 1. The average Bonchev–Trinajstić information content (AvgIpc) is 2.38. The Morgan fingerprint density at radius 1 is 1.06 bits per heavy atom. The molecule has 0 aliphatic heterocycles. The number of carbonyl (C=O) groups excluding carboxylic acids is 2. The molecule has 0 N–H and O–H groups in total. The van der Waals surface area contributed by atoms with E-state index in [-0.39, 0.29) is 12.5 Å². The van der Waals surface area contributed by atoms with Gasteiger partial charge in [0.25, 0.3) is 0 Å². The lowest BCUT2D eigenvalue weighted by Gasteiger charge is -2.20. The van der Waals surface area contributed by atoms with Crippen molar-refractivity contribution in [3.05, 3.63) is 0 Å². The van der Waals surface area contributed by atoms with Crippen LogP contribution in [0.1, 0.15) is 64.7 Å². The molecule has 1 rings (SSSR count). The minimum Gasteiger partial charge on any atom is -0.428 e. The third-order valence-corrected chi connectivity index (χ3v) is 3.00. The maximum atomic E-state index is 11.2. The third kappa shape index (κ3) is 6.47. The molecule has 0 heterocycles. The molecule has 0 bridgehead atoms. The molecular formula is C13H22O5. The van der Waals surface area contributed by atoms with Crippen molar-refractivity contribution in [1.29, 1.82) is 0 Å². The van der Waals surface area contributed by atoms with Crippen LogP contribution in [0.3, 0.4) is 0 Å². The lowest BCUT2D eigenvalue weighted by Crippen LogP contribution is -2.22. The minimum absolute atomic E-state index is 0.0926. The highest BCUT2D eigenvalue weighted by Crippen LogP contribution is 2.20. The van der Waals surface area contributed by atoms with E-state index in [1.165, 1.54) is 6.42 Å². The maximum absolute atomic E-state index is 11.2. The second-order valence-corrected chi connectivity index (χ2v) is 4.62. The highest BCUT2D eigenvalue weighted by Gasteiger charge is 2.20. The van der Waals surface area contributed by atoms with Gasteiger partial charge in [-0.1, -0.05) is 26.2 Å². The van der Waals surface area contributed by atoms with Crippen molar-refractivity contribution in [1.82, 2.24) is 0 Å². The molecule has 0 radical (unpaired) electrons. The normalized spacial score (nSPS) is 16.1. The molecule has 1 aliphatic rings. The first kappa shape index (κ1) is 14.8. The van der Waals surface area contributed by atoms with Gasteiger partial charge in [-0.05, 0) is 32.1 Å². The van der Waals surface area contributed by atoms with Crippen LogP contribution in [0, 0.1) is 0 Å². The highest BCUT2D eigenvalue weighted by molar-refractivity contribution is 5.70. The first-order valence-corrected chi connectivity index (χ1v) is 6.80. The van der Waals surface area contributed by atoms with Crippen LogP contribution < -0.4 is 0 Å². The van der Waals surface area contributed by atoms with Gasteiger partial charge in [0, 0.05) is 0 Å². The molecule has 5 heteroatoms. The molecule has 5 nitrogen and oxygen atoms in total. The lowest BCUT2D eigenvalue weighted by molar-refractivity contribution is -0.246. The Morgan fingerprint density at radius 2 is 1.78 bits per heavy atom. The molecule has 1 saturated carbocycles. The second-order valence-electron chi connectivity index (χ2n) is 4.62. The van der Waals surface area contributed by atoms with E-state index < -0.39 is 12.1 Å². The zero-order valence-corrected chi connectivity index (χ0v) is 11.0. The summed E-state index contributed by atoms with van der Waals surface area (Å²) in [5.41, 5.74) is 0. The van der Waals surface area contributed by atoms with E-state index >= 15 is 0 Å². The number of unbranched alkanes of at least 4 members (excludes halogenated alkanes) is 2. The van der Waals surface area contributed by atoms with Gasteiger partial charge in [-0.2, -0.15) is 4.79 Å². The topological polar surface area (TPSA) is 61.8 Å². The van der Waals surface area contributed by atoms with E-state index in [2.05, 4.69) is 9.78 Å². The molecular weight excluding hydrogens is 236 g/mol. The molecule has 104 valence electrons. The average molecular weight is 258 g/mol. The summed E-state index contributed by atoms with van der Waals surface area (Å²) in [5, 5.41) is 0. The highest BCUT2D eigenvalue weighted by atomic mass is 17.2. The van der Waals surface area contributed by atoms with Crippen molar-refractivity contribution >= 4 is 12.1 Å². The van der Waals surface area contributed by atoms with Crippen LogP contribution in [0.25, 0.3) is 0 Å². The molecule has 0 saturated heterocycles. The van der Waals surface area contributed by atoms with Gasteiger partial charge >= 0.3 is 12.1 Å². The van der Waals surface area contributed by atoms with Gasteiger partial charge < -0.3 is 4.74 Å². The fraction of sp³-hybridized carbons (Fsp3) is 0.846. The lowest BCUT2D eigenvalue weighted by atomic mass is 9.98. The number of carbonyl (C=O) groups is 2. The number of rotatable bonds is 5. The van der Waals surface area contributed by atoms with Crippen LogP contribution in [0.4, 0.5) is 4.79 Å². The van der Waals surface area contributed by atoms with Crippen LogP contribution in [-0.2, 0) is 19.3 Å². The van der Waals surface area contributed by atoms with Gasteiger partial charge in [0.05, 0.1) is 6.42 Å². The van der Waals surface area contributed by atoms with Crippen molar-refractivity contribution in [2.75, 3.05) is 0 Å². The van der Waals surface area contributed by atoms with Crippen LogP contribution in [0.5, 0.6) is 0 Å². The van der Waals surface area contributed by atoms with Crippen molar-refractivity contribution in [3.8, 4) is 0 Å². The van der Waals surface area contributed by atoms with Crippen molar-refractivity contribution < 1.29 is 24.1 Å². The summed E-state index contributed by atoms with van der Waals surface area (Å²) in [7, 11) is 0. The summed E-state index contributed by atoms with van der Waals surface area (Å²) in [6.07, 6.45) is 7.03. The summed E-state index contributed by atoms with van der Waals surface area (Å²) >= 11 is 0. The molecule has 1 aliphatic carbocycles. The number of hydrogen-bond donors (Lipinski definition) is 0. The van der Waals surface area contributed by atoms with Crippen molar-refractivity contribution in [3.63, 3.8) is 0 Å². The fourth-order valence-corrected chi connectivity index (χ4v) is 1.98. The monoisotopic (exact) mass is 258 g/mol. The molecule has 0 aromatic carbocycles. The summed E-state index contributed by atoms with van der Waals surface area (Å²) in [6, 6.07) is 0. The van der Waals surface area contributed by atoms with Crippen LogP contribution >= 0.6 is 0 Å². The Kier molecular flexibility index (Phi) is 7.22. The zero-order chi connectivity index (χ0) is 13.2. The van der Waals surface area contributed by atoms with E-state index in [9.17, 15) is 9.59 Å². The molecule has 0 spiro atoms. The molecule has 0 aromatic heterocycles. The van der Waals surface area contributed by atoms with E-state index in [1.54, 1.807) is 0 Å². The maximum Gasteiger partial charge on any atom is 0.550 e. The zero-order valence-electron chi connectivity index (χ0n) is 11.0. The Bertz CT molecular complexity index is 258. The molecule has 1 fully saturated rings. The molecule has 0 unspecified atom stereocenters. The van der Waals surface area contributed by atoms with Gasteiger partial charge in [0.2, 0.25) is 0 Å². The third-order valence-electron chi connectivity index (χ3n) is 3.00. The Labute approximate surface area is 108 Å². The molecule has 0 aromatic rings. The SMILES string of the molecule is CCCCCC(=O)OOC(=O)OC1CCCCC1. The second kappa shape index (κ2) is 8.78. The van der Waals surface area contributed by atoms with Crippen molar-refractivity contribution in [2.24, 2.45) is 0 Å². The van der Waals surface area contributed by atoms with E-state index in [4.69, 9.17) is 4.74 Å². The Hall–Kier alpha value is -1.26. The quantitative estimate of drug-likeness (QED) is 0.327. The van der Waals surface area contributed by atoms with Crippen LogP contribution in [0.2, 0.25) is 0 Å². The molecule has 0 atom stereocenters. The van der Waals surface area contributed by atoms with Crippen molar-refractivity contribution in [2.45, 2.75) is 70.8 Å². The summed E-state index contributed by atoms with van der Waals surface area (Å²) < 4.78 is 5.03. The predicted molar refractivity (Wildman–Crippen MR) is 64.7 cm³/mol. The Balaban J connectivity index is 2.06. The van der Waals surface area contributed by atoms with Crippen LogP contribution in [-0.4, -0.2) is 18.2 Å². The summed E-state index contributed by atoms with van der Waals surface area (Å²) in [6.45, 7) is 2.05. The minimum atomic E-state index is -0.911. The Morgan fingerprint density at radius 3 is 2.44 bits per heavy atom. The van der Waals surface area contributed by atoms with Crippen LogP contribution in [0.15, 0.2) is 0 Å². The van der Waals surface area contributed by atoms with E-state index in [0.717, 1.165) is 44.9 Å². The van der Waals surface area contributed by atoms with Gasteiger partial charge in [-0.3, -0.25) is 0 Å². The predicted octanol–water partition coefficient (Wildman–Crippen LogP) is 3.51.